The van der Waals surface area contributed by atoms with Crippen molar-refractivity contribution in [1.29, 1.82) is 0 Å². The van der Waals surface area contributed by atoms with Crippen molar-refractivity contribution in [2.24, 2.45) is 0 Å². The highest BCUT2D eigenvalue weighted by molar-refractivity contribution is 5.87. The Kier molecular flexibility index (Phi) is 2.56. The maximum Gasteiger partial charge on any atom is 0.356 e. The Balaban J connectivity index is 2.22. The molecule has 0 amide bonds. The van der Waals surface area contributed by atoms with Crippen LogP contribution in [0.2, 0.25) is 0 Å². The van der Waals surface area contributed by atoms with Gasteiger partial charge in [-0.25, -0.2) is 9.31 Å². The second-order valence-electron chi connectivity index (χ2n) is 4.42. The zero-order chi connectivity index (χ0) is 13.4. The van der Waals surface area contributed by atoms with Crippen LogP contribution in [0.3, 0.4) is 0 Å². The fourth-order valence-electron chi connectivity index (χ4n) is 2.17. The normalized spacial score (nSPS) is 10.8. The van der Waals surface area contributed by atoms with Gasteiger partial charge in [0.05, 0.1) is 5.52 Å². The molecule has 1 N–H and O–H groups in total. The van der Waals surface area contributed by atoms with E-state index in [1.54, 1.807) is 10.6 Å². The number of hydrogen-bond acceptors (Lipinski definition) is 2. The van der Waals surface area contributed by atoms with E-state index in [0.717, 1.165) is 22.3 Å². The van der Waals surface area contributed by atoms with E-state index in [1.807, 2.05) is 49.4 Å². The molecular weight excluding hydrogens is 240 g/mol. The third-order valence-corrected chi connectivity index (χ3v) is 3.07. The Morgan fingerprint density at radius 2 is 1.84 bits per heavy atom. The molecule has 0 unspecified atom stereocenters. The first-order valence-corrected chi connectivity index (χ1v) is 5.94. The maximum absolute atomic E-state index is 11.0. The zero-order valence-corrected chi connectivity index (χ0v) is 10.4. The van der Waals surface area contributed by atoms with Gasteiger partial charge in [-0.2, -0.15) is 5.10 Å². The molecule has 0 aliphatic carbocycles. The lowest BCUT2D eigenvalue weighted by molar-refractivity contribution is 0.0690. The molecule has 4 nitrogen and oxygen atoms in total. The monoisotopic (exact) mass is 252 g/mol. The van der Waals surface area contributed by atoms with E-state index < -0.39 is 5.97 Å². The third-order valence-electron chi connectivity index (χ3n) is 3.07. The largest absolute Gasteiger partial charge is 0.476 e. The Bertz CT molecular complexity index is 760. The second-order valence-corrected chi connectivity index (χ2v) is 4.42. The molecule has 4 heteroatoms. The summed E-state index contributed by atoms with van der Waals surface area (Å²) in [5, 5.41) is 13.1. The number of benzene rings is 1. The van der Waals surface area contributed by atoms with Gasteiger partial charge in [0, 0.05) is 5.69 Å². The lowest BCUT2D eigenvalue weighted by atomic mass is 10.1. The van der Waals surface area contributed by atoms with Crippen LogP contribution >= 0.6 is 0 Å². The molecule has 2 heterocycles. The molecule has 2 aromatic heterocycles. The van der Waals surface area contributed by atoms with Crippen molar-refractivity contribution in [3.05, 3.63) is 59.9 Å². The van der Waals surface area contributed by atoms with Crippen LogP contribution < -0.4 is 0 Å². The summed E-state index contributed by atoms with van der Waals surface area (Å²) in [7, 11) is 0. The number of fused-ring (bicyclic) bond motifs is 1. The number of aryl methyl sites for hydroxylation is 1. The van der Waals surface area contributed by atoms with Crippen molar-refractivity contribution < 1.29 is 9.90 Å². The van der Waals surface area contributed by atoms with E-state index in [1.165, 1.54) is 0 Å². The second kappa shape index (κ2) is 4.24. The van der Waals surface area contributed by atoms with Gasteiger partial charge >= 0.3 is 5.97 Å². The topological polar surface area (TPSA) is 54.6 Å². The van der Waals surface area contributed by atoms with Crippen molar-refractivity contribution in [3.63, 3.8) is 0 Å². The van der Waals surface area contributed by atoms with Gasteiger partial charge in [-0.1, -0.05) is 30.3 Å². The predicted molar refractivity (Wildman–Crippen MR) is 72.3 cm³/mol. The summed E-state index contributed by atoms with van der Waals surface area (Å²) >= 11 is 0. The highest BCUT2D eigenvalue weighted by Gasteiger charge is 2.11. The first kappa shape index (κ1) is 11.5. The minimum atomic E-state index is -1.01. The minimum Gasteiger partial charge on any atom is -0.476 e. The number of rotatable bonds is 2. The van der Waals surface area contributed by atoms with Gasteiger partial charge in [0.25, 0.3) is 0 Å². The van der Waals surface area contributed by atoms with Gasteiger partial charge < -0.3 is 5.11 Å². The van der Waals surface area contributed by atoms with Gasteiger partial charge in [0.1, 0.15) is 0 Å². The quantitative estimate of drug-likeness (QED) is 0.762. The van der Waals surface area contributed by atoms with Crippen molar-refractivity contribution in [2.45, 2.75) is 6.92 Å². The van der Waals surface area contributed by atoms with Crippen LogP contribution in [0.1, 0.15) is 16.2 Å². The number of aromatic carboxylic acids is 1. The van der Waals surface area contributed by atoms with Crippen molar-refractivity contribution in [2.75, 3.05) is 0 Å². The van der Waals surface area contributed by atoms with E-state index in [2.05, 4.69) is 5.10 Å². The molecule has 0 atom stereocenters. The number of hydrogen-bond donors (Lipinski definition) is 1. The molecule has 0 bridgehead atoms. The molecule has 1 aromatic carbocycles. The summed E-state index contributed by atoms with van der Waals surface area (Å²) < 4.78 is 1.65. The molecule has 3 aromatic rings. The first-order chi connectivity index (χ1) is 9.15. The number of pyridine rings is 1. The average molecular weight is 252 g/mol. The van der Waals surface area contributed by atoms with Crippen LogP contribution in [0, 0.1) is 6.92 Å². The Labute approximate surface area is 109 Å². The molecular formula is C15H12N2O2. The Hall–Kier alpha value is -2.62. The molecule has 0 aliphatic rings. The average Bonchev–Trinajstić information content (AvgIpc) is 2.84. The molecule has 0 saturated carbocycles. The Morgan fingerprint density at radius 3 is 2.53 bits per heavy atom. The van der Waals surface area contributed by atoms with Gasteiger partial charge in [-0.05, 0) is 36.2 Å². The number of carbonyl (C=O) groups is 1. The molecule has 0 spiro atoms. The smallest absolute Gasteiger partial charge is 0.356 e. The van der Waals surface area contributed by atoms with Gasteiger partial charge in [-0.15, -0.1) is 0 Å². The lowest BCUT2D eigenvalue weighted by Crippen LogP contribution is -1.99. The van der Waals surface area contributed by atoms with Crippen LogP contribution in [-0.2, 0) is 0 Å². The van der Waals surface area contributed by atoms with Gasteiger partial charge in [0.15, 0.2) is 5.69 Å². The highest BCUT2D eigenvalue weighted by atomic mass is 16.4. The van der Waals surface area contributed by atoms with Crippen LogP contribution in [0.4, 0.5) is 0 Å². The molecule has 94 valence electrons. The number of aromatic nitrogens is 2. The molecule has 3 rings (SSSR count). The van der Waals surface area contributed by atoms with E-state index in [9.17, 15) is 4.79 Å². The SMILES string of the molecule is Cc1cc(-c2ccccc2)cc2cc(C(=O)O)nn12. The zero-order valence-electron chi connectivity index (χ0n) is 10.4. The number of carboxylic acid groups (broad SMARTS) is 1. The lowest BCUT2D eigenvalue weighted by Gasteiger charge is -2.05. The summed E-state index contributed by atoms with van der Waals surface area (Å²) in [6, 6.07) is 15.5. The van der Waals surface area contributed by atoms with Crippen LogP contribution in [-0.4, -0.2) is 20.7 Å². The summed E-state index contributed by atoms with van der Waals surface area (Å²) in [5.74, 6) is -1.01. The molecule has 19 heavy (non-hydrogen) atoms. The fourth-order valence-corrected chi connectivity index (χ4v) is 2.17. The fraction of sp³-hybridized carbons (Fsp3) is 0.0667. The third kappa shape index (κ3) is 1.97. The summed E-state index contributed by atoms with van der Waals surface area (Å²) in [4.78, 5) is 11.0. The van der Waals surface area contributed by atoms with Crippen molar-refractivity contribution in [3.8, 4) is 11.1 Å². The van der Waals surface area contributed by atoms with Gasteiger partial charge in [0.2, 0.25) is 0 Å². The summed E-state index contributed by atoms with van der Waals surface area (Å²) in [5.41, 5.74) is 3.92. The predicted octanol–water partition coefficient (Wildman–Crippen LogP) is 3.01. The number of nitrogens with zero attached hydrogens (tertiary/aromatic N) is 2. The van der Waals surface area contributed by atoms with E-state index >= 15 is 0 Å². The molecule has 0 radical (unpaired) electrons. The molecule has 0 saturated heterocycles. The summed E-state index contributed by atoms with van der Waals surface area (Å²) in [6.45, 7) is 1.91. The molecule has 0 aliphatic heterocycles. The highest BCUT2D eigenvalue weighted by Crippen LogP contribution is 2.23. The van der Waals surface area contributed by atoms with Gasteiger partial charge in [-0.3, -0.25) is 0 Å². The summed E-state index contributed by atoms with van der Waals surface area (Å²) in [6.07, 6.45) is 0. The maximum atomic E-state index is 11.0. The standard InChI is InChI=1S/C15H12N2O2/c1-10-7-12(11-5-3-2-4-6-11)8-13-9-14(15(18)19)16-17(10)13/h2-9H,1H3,(H,18,19). The molecule has 0 fully saturated rings. The van der Waals surface area contributed by atoms with Crippen LogP contribution in [0.5, 0.6) is 0 Å². The van der Waals surface area contributed by atoms with Crippen molar-refractivity contribution in [1.82, 2.24) is 9.61 Å². The van der Waals surface area contributed by atoms with E-state index in [-0.39, 0.29) is 5.69 Å². The van der Waals surface area contributed by atoms with Crippen LogP contribution in [0.15, 0.2) is 48.5 Å². The minimum absolute atomic E-state index is 0.0633. The number of carboxylic acids is 1. The van der Waals surface area contributed by atoms with Crippen molar-refractivity contribution >= 4 is 11.5 Å². The van der Waals surface area contributed by atoms with E-state index in [0.29, 0.717) is 0 Å². The van der Waals surface area contributed by atoms with Crippen LogP contribution in [0.25, 0.3) is 16.6 Å². The first-order valence-electron chi connectivity index (χ1n) is 5.94. The Morgan fingerprint density at radius 1 is 1.11 bits per heavy atom. The van der Waals surface area contributed by atoms with E-state index in [4.69, 9.17) is 5.11 Å².